The third kappa shape index (κ3) is 9.32. The van der Waals surface area contributed by atoms with Gasteiger partial charge in [-0.15, -0.1) is 0 Å². The molecule has 9 heteroatoms. The van der Waals surface area contributed by atoms with Gasteiger partial charge in [-0.05, 0) is 163 Å². The van der Waals surface area contributed by atoms with E-state index in [0.717, 1.165) is 82.8 Å². The van der Waals surface area contributed by atoms with Crippen LogP contribution in [-0.4, -0.2) is 24.1 Å². The van der Waals surface area contributed by atoms with Gasteiger partial charge in [-0.3, -0.25) is 0 Å². The molecule has 11 rings (SSSR count). The molecule has 3 heterocycles. The van der Waals surface area contributed by atoms with Gasteiger partial charge in [0.1, 0.15) is 0 Å². The fourth-order valence-corrected chi connectivity index (χ4v) is 10.8. The number of para-hydroxylation sites is 1. The third-order valence-corrected chi connectivity index (χ3v) is 15.4. The highest BCUT2D eigenvalue weighted by Gasteiger charge is 2.28. The van der Waals surface area contributed by atoms with Crippen LogP contribution in [0, 0.1) is 31.0 Å². The largest absolute Gasteiger partial charge is 0.309 e. The molecule has 9 nitrogen and oxygen atoms in total. The summed E-state index contributed by atoms with van der Waals surface area (Å²) in [5, 5.41) is 13.7. The third-order valence-electron chi connectivity index (χ3n) is 15.4. The van der Waals surface area contributed by atoms with E-state index >= 15 is 0 Å². The Balaban J connectivity index is 1.28. The highest BCUT2D eigenvalue weighted by molar-refractivity contribution is 6.13. The van der Waals surface area contributed by atoms with Crippen molar-refractivity contribution in [1.82, 2.24) is 24.1 Å². The number of nitrogens with zero attached hydrogens (tertiary/aromatic N) is 9. The first kappa shape index (κ1) is 52.4. The fraction of sp³-hybridized carbons (Fsp3) is 0.225. The Morgan fingerprint density at radius 2 is 0.750 bits per heavy atom. The molecule has 0 amide bonds. The second-order valence-electron chi connectivity index (χ2n) is 25.1. The number of aromatic nitrogens is 5. The fourth-order valence-electron chi connectivity index (χ4n) is 10.8. The average Bonchev–Trinajstić information content (AvgIpc) is 4.11. The second-order valence-corrected chi connectivity index (χ2v) is 25.1. The standard InChI is InChI=1S/C71H61N9/c1-68(2,3)46-31-44(32-47(36-46)69(4,5)6)65-76-66(45-33-48(70(7,8)9)37-49(34-45)71(10,11)12)78-67(77-65)58-35-43(21-26-64(58)80-60-25-20-42(41-72)30-54(60)55-38-50(73-13)22-27-61(55)80)53-18-16-17-19-59(53)79-62-28-23-51(74-14)39-56(62)57-40-52(75-15)24-29-63(57)79/h16-40H,1-12H3. The second kappa shape index (κ2) is 19.1. The van der Waals surface area contributed by atoms with Crippen LogP contribution in [0.1, 0.15) is 111 Å². The Morgan fingerprint density at radius 1 is 0.375 bits per heavy atom. The first-order valence-corrected chi connectivity index (χ1v) is 27.0. The molecule has 0 spiro atoms. The van der Waals surface area contributed by atoms with Gasteiger partial charge in [0.25, 0.3) is 0 Å². The smallest absolute Gasteiger partial charge is 0.188 e. The topological polar surface area (TPSA) is 85.4 Å². The van der Waals surface area contributed by atoms with Gasteiger partial charge in [-0.25, -0.2) is 29.5 Å². The van der Waals surface area contributed by atoms with E-state index in [2.05, 4.69) is 180 Å². The predicted molar refractivity (Wildman–Crippen MR) is 329 cm³/mol. The molecule has 0 saturated carbocycles. The Bertz CT molecular complexity index is 4260. The summed E-state index contributed by atoms with van der Waals surface area (Å²) in [5.41, 5.74) is 15.6. The average molecular weight is 1040 g/mol. The molecule has 0 fully saturated rings. The summed E-state index contributed by atoms with van der Waals surface area (Å²) in [4.78, 5) is 28.2. The number of benzene rings is 8. The van der Waals surface area contributed by atoms with Crippen LogP contribution in [0.25, 0.3) is 115 Å². The van der Waals surface area contributed by atoms with Crippen LogP contribution in [-0.2, 0) is 21.7 Å². The van der Waals surface area contributed by atoms with Crippen LogP contribution >= 0.6 is 0 Å². The monoisotopic (exact) mass is 1040 g/mol. The zero-order valence-corrected chi connectivity index (χ0v) is 47.5. The van der Waals surface area contributed by atoms with Gasteiger partial charge in [0.05, 0.1) is 64.8 Å². The van der Waals surface area contributed by atoms with E-state index in [-0.39, 0.29) is 21.7 Å². The lowest BCUT2D eigenvalue weighted by Crippen LogP contribution is -2.17. The summed E-state index contributed by atoms with van der Waals surface area (Å²) in [7, 11) is 0. The predicted octanol–water partition coefficient (Wildman–Crippen LogP) is 19.4. The van der Waals surface area contributed by atoms with Crippen molar-refractivity contribution >= 4 is 60.7 Å². The highest BCUT2D eigenvalue weighted by Crippen LogP contribution is 2.44. The van der Waals surface area contributed by atoms with Crippen LogP contribution in [0.4, 0.5) is 17.1 Å². The van der Waals surface area contributed by atoms with Crippen molar-refractivity contribution in [3.8, 4) is 62.7 Å². The Hall–Kier alpha value is -9.67. The summed E-state index contributed by atoms with van der Waals surface area (Å²) in [5.74, 6) is 1.55. The van der Waals surface area contributed by atoms with E-state index in [9.17, 15) is 5.26 Å². The minimum Gasteiger partial charge on any atom is -0.309 e. The lowest BCUT2D eigenvalue weighted by molar-refractivity contribution is 0.568. The van der Waals surface area contributed by atoms with Crippen molar-refractivity contribution in [3.05, 3.63) is 214 Å². The van der Waals surface area contributed by atoms with E-state index in [1.807, 2.05) is 84.9 Å². The Labute approximate surface area is 468 Å². The van der Waals surface area contributed by atoms with Crippen molar-refractivity contribution in [2.24, 2.45) is 0 Å². The molecule has 3 aromatic heterocycles. The SMILES string of the molecule is [C-]#[N+]c1ccc2c(c1)c1cc([N+]#[C-])ccc1n2-c1ccccc1-c1ccc(-n2c3ccc(C#N)cc3c3cc([N+]#[C-])ccc32)c(-c2nc(-c3cc(C(C)(C)C)cc(C(C)(C)C)c3)nc(-c3cc(C(C)(C)C)cc(C(C)(C)C)c3)n2)c1. The molecule has 0 aliphatic heterocycles. The molecular formula is C71H61N9. The van der Waals surface area contributed by atoms with Crippen molar-refractivity contribution < 1.29 is 0 Å². The first-order chi connectivity index (χ1) is 37.9. The number of hydrogen-bond acceptors (Lipinski definition) is 4. The molecule has 0 unspecified atom stereocenters. The molecule has 0 saturated heterocycles. The van der Waals surface area contributed by atoms with Crippen LogP contribution in [0.15, 0.2) is 152 Å². The molecule has 8 aromatic carbocycles. The zero-order chi connectivity index (χ0) is 56.8. The maximum absolute atomic E-state index is 10.2. The van der Waals surface area contributed by atoms with Gasteiger partial charge in [-0.1, -0.05) is 138 Å². The molecule has 0 atom stereocenters. The molecule has 0 N–H and O–H groups in total. The minimum atomic E-state index is -0.184. The molecule has 0 radical (unpaired) electrons. The van der Waals surface area contributed by atoms with Gasteiger partial charge < -0.3 is 9.13 Å². The lowest BCUT2D eigenvalue weighted by atomic mass is 9.79. The summed E-state index contributed by atoms with van der Waals surface area (Å²) in [6.07, 6.45) is 0. The van der Waals surface area contributed by atoms with Crippen molar-refractivity contribution in [1.29, 1.82) is 5.26 Å². The number of hydrogen-bond donors (Lipinski definition) is 0. The van der Waals surface area contributed by atoms with Crippen LogP contribution in [0.2, 0.25) is 0 Å². The highest BCUT2D eigenvalue weighted by atomic mass is 15.1. The van der Waals surface area contributed by atoms with Gasteiger partial charge in [0.15, 0.2) is 34.5 Å². The van der Waals surface area contributed by atoms with Crippen molar-refractivity contribution in [2.45, 2.75) is 105 Å². The summed E-state index contributed by atoms with van der Waals surface area (Å²) < 4.78 is 4.44. The molecule has 11 aromatic rings. The molecule has 390 valence electrons. The molecule has 0 aliphatic carbocycles. The summed E-state index contributed by atoms with van der Waals surface area (Å²) in [6, 6.07) is 53.7. The number of nitriles is 1. The van der Waals surface area contributed by atoms with E-state index < -0.39 is 0 Å². The Kier molecular flexibility index (Phi) is 12.5. The molecule has 0 bridgehead atoms. The molecule has 0 aliphatic rings. The molecular weight excluding hydrogens is 979 g/mol. The van der Waals surface area contributed by atoms with Gasteiger partial charge >= 0.3 is 0 Å². The maximum atomic E-state index is 10.2. The van der Waals surface area contributed by atoms with Crippen LogP contribution < -0.4 is 0 Å². The van der Waals surface area contributed by atoms with Crippen LogP contribution in [0.3, 0.4) is 0 Å². The molecule has 80 heavy (non-hydrogen) atoms. The minimum absolute atomic E-state index is 0.184. The van der Waals surface area contributed by atoms with Crippen LogP contribution in [0.5, 0.6) is 0 Å². The van der Waals surface area contributed by atoms with E-state index in [4.69, 9.17) is 34.7 Å². The zero-order valence-electron chi connectivity index (χ0n) is 47.5. The maximum Gasteiger partial charge on any atom is 0.188 e. The van der Waals surface area contributed by atoms with Gasteiger partial charge in [0, 0.05) is 27.6 Å². The number of rotatable bonds is 6. The normalized spacial score (nSPS) is 12.2. The Morgan fingerprint density at radius 3 is 1.15 bits per heavy atom. The van der Waals surface area contributed by atoms with E-state index in [1.165, 1.54) is 22.3 Å². The first-order valence-electron chi connectivity index (χ1n) is 27.0. The van der Waals surface area contributed by atoms with Crippen molar-refractivity contribution in [2.75, 3.05) is 0 Å². The lowest BCUT2D eigenvalue weighted by Gasteiger charge is -2.26. The quantitative estimate of drug-likeness (QED) is 0.155. The van der Waals surface area contributed by atoms with E-state index in [1.54, 1.807) is 0 Å². The number of fused-ring (bicyclic) bond motifs is 6. The van der Waals surface area contributed by atoms with Crippen molar-refractivity contribution in [3.63, 3.8) is 0 Å². The van der Waals surface area contributed by atoms with Gasteiger partial charge in [-0.2, -0.15) is 5.26 Å². The summed E-state index contributed by atoms with van der Waals surface area (Å²) >= 11 is 0. The van der Waals surface area contributed by atoms with E-state index in [0.29, 0.717) is 40.1 Å². The van der Waals surface area contributed by atoms with Gasteiger partial charge in [0.2, 0.25) is 0 Å². The summed E-state index contributed by atoms with van der Waals surface area (Å²) in [6.45, 7) is 50.7.